The van der Waals surface area contributed by atoms with Gasteiger partial charge in [-0.1, -0.05) is 28.1 Å². The minimum atomic E-state index is -0.199. The Bertz CT molecular complexity index is 379. The van der Waals surface area contributed by atoms with Gasteiger partial charge in [-0.3, -0.25) is 4.79 Å². The average Bonchev–Trinajstić information content (AvgIpc) is 2.17. The molecule has 0 unspecified atom stereocenters. The van der Waals surface area contributed by atoms with Gasteiger partial charge in [-0.2, -0.15) is 0 Å². The highest BCUT2D eigenvalue weighted by Gasteiger charge is 2.18. The minimum Gasteiger partial charge on any atom is -0.466 e. The molecular formula is C12H17BrNO2+. The zero-order valence-electron chi connectivity index (χ0n) is 9.63. The van der Waals surface area contributed by atoms with Crippen molar-refractivity contribution in [2.24, 2.45) is 0 Å². The summed E-state index contributed by atoms with van der Waals surface area (Å²) in [5.74, 6) is -0.199. The van der Waals surface area contributed by atoms with Crippen molar-refractivity contribution in [2.75, 3.05) is 6.61 Å². The van der Waals surface area contributed by atoms with Crippen LogP contribution >= 0.6 is 15.9 Å². The summed E-state index contributed by atoms with van der Waals surface area (Å²) in [6.07, 6.45) is 0.315. The SMILES string of the molecule is CCOC(=O)C[C@@H]([NH3+])c1ccc(C)cc1Br. The second-order valence-electron chi connectivity index (χ2n) is 3.73. The van der Waals surface area contributed by atoms with E-state index in [1.54, 1.807) is 6.92 Å². The van der Waals surface area contributed by atoms with E-state index in [4.69, 9.17) is 4.74 Å². The number of carbonyl (C=O) groups is 1. The Balaban J connectivity index is 2.72. The van der Waals surface area contributed by atoms with Crippen LogP contribution in [0.15, 0.2) is 22.7 Å². The van der Waals surface area contributed by atoms with E-state index >= 15 is 0 Å². The smallest absolute Gasteiger partial charge is 0.312 e. The maximum absolute atomic E-state index is 11.3. The van der Waals surface area contributed by atoms with Crippen LogP contribution in [0.25, 0.3) is 0 Å². The Labute approximate surface area is 104 Å². The van der Waals surface area contributed by atoms with Crippen LogP contribution in [-0.4, -0.2) is 12.6 Å². The maximum Gasteiger partial charge on any atom is 0.312 e. The van der Waals surface area contributed by atoms with Gasteiger partial charge in [-0.05, 0) is 25.5 Å². The summed E-state index contributed by atoms with van der Waals surface area (Å²) >= 11 is 3.48. The highest BCUT2D eigenvalue weighted by atomic mass is 79.9. The zero-order chi connectivity index (χ0) is 12.1. The third kappa shape index (κ3) is 3.61. The quantitative estimate of drug-likeness (QED) is 0.861. The minimum absolute atomic E-state index is 0.0750. The van der Waals surface area contributed by atoms with E-state index < -0.39 is 0 Å². The van der Waals surface area contributed by atoms with Crippen molar-refractivity contribution < 1.29 is 15.3 Å². The molecule has 3 N–H and O–H groups in total. The van der Waals surface area contributed by atoms with Crippen molar-refractivity contribution in [3.05, 3.63) is 33.8 Å². The van der Waals surface area contributed by atoms with Crippen LogP contribution in [0, 0.1) is 6.92 Å². The number of rotatable bonds is 4. The number of halogens is 1. The van der Waals surface area contributed by atoms with E-state index in [1.165, 1.54) is 5.56 Å². The van der Waals surface area contributed by atoms with Gasteiger partial charge in [0, 0.05) is 10.0 Å². The molecule has 0 amide bonds. The van der Waals surface area contributed by atoms with E-state index in [-0.39, 0.29) is 12.0 Å². The normalized spacial score (nSPS) is 12.2. The highest BCUT2D eigenvalue weighted by molar-refractivity contribution is 9.10. The molecule has 0 radical (unpaired) electrons. The first-order valence-electron chi connectivity index (χ1n) is 5.29. The van der Waals surface area contributed by atoms with Gasteiger partial charge in [0.15, 0.2) is 0 Å². The van der Waals surface area contributed by atoms with E-state index in [9.17, 15) is 4.79 Å². The molecule has 0 aliphatic rings. The number of hydrogen-bond acceptors (Lipinski definition) is 2. The third-order valence-electron chi connectivity index (χ3n) is 2.31. The van der Waals surface area contributed by atoms with E-state index in [0.717, 1.165) is 10.0 Å². The lowest BCUT2D eigenvalue weighted by atomic mass is 10.0. The summed E-state index contributed by atoms with van der Waals surface area (Å²) in [7, 11) is 0. The van der Waals surface area contributed by atoms with Gasteiger partial charge >= 0.3 is 5.97 Å². The van der Waals surface area contributed by atoms with Gasteiger partial charge in [0.05, 0.1) is 6.61 Å². The molecule has 0 saturated heterocycles. The van der Waals surface area contributed by atoms with Crippen molar-refractivity contribution in [2.45, 2.75) is 26.3 Å². The Morgan fingerprint density at radius 1 is 1.56 bits per heavy atom. The monoisotopic (exact) mass is 286 g/mol. The van der Waals surface area contributed by atoms with Gasteiger partial charge in [-0.25, -0.2) is 0 Å². The molecule has 0 saturated carbocycles. The second-order valence-corrected chi connectivity index (χ2v) is 4.59. The molecule has 0 spiro atoms. The van der Waals surface area contributed by atoms with Crippen LogP contribution < -0.4 is 5.73 Å². The molecule has 1 aromatic rings. The second kappa shape index (κ2) is 6.01. The summed E-state index contributed by atoms with van der Waals surface area (Å²) in [6, 6.07) is 5.97. The molecule has 0 fully saturated rings. The summed E-state index contributed by atoms with van der Waals surface area (Å²) in [4.78, 5) is 11.3. The van der Waals surface area contributed by atoms with Crippen molar-refractivity contribution in [3.63, 3.8) is 0 Å². The molecule has 3 nitrogen and oxygen atoms in total. The molecule has 0 aliphatic heterocycles. The van der Waals surface area contributed by atoms with Crippen LogP contribution in [0.4, 0.5) is 0 Å². The maximum atomic E-state index is 11.3. The molecule has 0 aliphatic carbocycles. The average molecular weight is 287 g/mol. The number of esters is 1. The summed E-state index contributed by atoms with van der Waals surface area (Å²) in [5.41, 5.74) is 6.21. The number of hydrogen-bond donors (Lipinski definition) is 1. The Morgan fingerprint density at radius 2 is 2.25 bits per heavy atom. The first-order chi connectivity index (χ1) is 7.54. The fourth-order valence-corrected chi connectivity index (χ4v) is 2.31. The third-order valence-corrected chi connectivity index (χ3v) is 3.00. The molecule has 88 valence electrons. The van der Waals surface area contributed by atoms with Crippen molar-refractivity contribution in [1.29, 1.82) is 0 Å². The van der Waals surface area contributed by atoms with Gasteiger partial charge < -0.3 is 10.5 Å². The standard InChI is InChI=1S/C12H16BrNO2/c1-3-16-12(15)7-11(14)9-5-4-8(2)6-10(9)13/h4-6,11H,3,7,14H2,1-2H3/p+1/t11-/m1/s1. The Kier molecular flexibility index (Phi) is 4.96. The molecule has 0 bridgehead atoms. The van der Waals surface area contributed by atoms with Crippen LogP contribution in [-0.2, 0) is 9.53 Å². The van der Waals surface area contributed by atoms with Crippen molar-refractivity contribution >= 4 is 21.9 Å². The lowest BCUT2D eigenvalue weighted by molar-refractivity contribution is -0.426. The van der Waals surface area contributed by atoms with Gasteiger partial charge in [-0.15, -0.1) is 0 Å². The van der Waals surface area contributed by atoms with Gasteiger partial charge in [0.25, 0.3) is 0 Å². The molecular weight excluding hydrogens is 270 g/mol. The fraction of sp³-hybridized carbons (Fsp3) is 0.417. The van der Waals surface area contributed by atoms with Gasteiger partial charge in [0.1, 0.15) is 12.5 Å². The molecule has 4 heteroatoms. The number of aryl methyl sites for hydroxylation is 1. The van der Waals surface area contributed by atoms with Crippen LogP contribution in [0.3, 0.4) is 0 Å². The molecule has 16 heavy (non-hydrogen) atoms. The number of ether oxygens (including phenoxy) is 1. The predicted octanol–water partition coefficient (Wildman–Crippen LogP) is 1.99. The molecule has 1 rings (SSSR count). The van der Waals surface area contributed by atoms with E-state index in [1.807, 2.05) is 25.1 Å². The van der Waals surface area contributed by atoms with Crippen LogP contribution in [0.5, 0.6) is 0 Å². The van der Waals surface area contributed by atoms with Crippen LogP contribution in [0.2, 0.25) is 0 Å². The first-order valence-corrected chi connectivity index (χ1v) is 6.08. The Hall–Kier alpha value is -0.870. The van der Waals surface area contributed by atoms with E-state index in [0.29, 0.717) is 13.0 Å². The molecule has 1 aromatic carbocycles. The fourth-order valence-electron chi connectivity index (χ4n) is 1.49. The Morgan fingerprint density at radius 3 is 2.81 bits per heavy atom. The number of carbonyl (C=O) groups excluding carboxylic acids is 1. The molecule has 1 atom stereocenters. The first kappa shape index (κ1) is 13.2. The summed E-state index contributed by atoms with van der Waals surface area (Å²) < 4.78 is 5.90. The summed E-state index contributed by atoms with van der Waals surface area (Å²) in [5, 5.41) is 0. The number of benzene rings is 1. The lowest BCUT2D eigenvalue weighted by Crippen LogP contribution is -2.54. The van der Waals surface area contributed by atoms with Crippen LogP contribution in [0.1, 0.15) is 30.5 Å². The largest absolute Gasteiger partial charge is 0.466 e. The highest BCUT2D eigenvalue weighted by Crippen LogP contribution is 2.24. The number of quaternary nitrogens is 1. The van der Waals surface area contributed by atoms with E-state index in [2.05, 4.69) is 21.7 Å². The zero-order valence-corrected chi connectivity index (χ0v) is 11.2. The van der Waals surface area contributed by atoms with Crippen molar-refractivity contribution in [1.82, 2.24) is 0 Å². The van der Waals surface area contributed by atoms with Crippen molar-refractivity contribution in [3.8, 4) is 0 Å². The molecule has 0 heterocycles. The lowest BCUT2D eigenvalue weighted by Gasteiger charge is -2.10. The topological polar surface area (TPSA) is 53.9 Å². The predicted molar refractivity (Wildman–Crippen MR) is 65.8 cm³/mol. The molecule has 0 aromatic heterocycles. The van der Waals surface area contributed by atoms with Gasteiger partial charge in [0.2, 0.25) is 0 Å². The summed E-state index contributed by atoms with van der Waals surface area (Å²) in [6.45, 7) is 4.25.